The lowest BCUT2D eigenvalue weighted by Gasteiger charge is -2.14. The van der Waals surface area contributed by atoms with Gasteiger partial charge in [-0.15, -0.1) is 0 Å². The summed E-state index contributed by atoms with van der Waals surface area (Å²) in [6.07, 6.45) is 17.4. The maximum atomic E-state index is 11.7. The molecule has 0 heterocycles. The van der Waals surface area contributed by atoms with E-state index in [1.807, 2.05) is 0 Å². The van der Waals surface area contributed by atoms with Crippen molar-refractivity contribution in [3.8, 4) is 0 Å². The molecular formula is C21H42O4. The molecule has 0 spiro atoms. The molecule has 150 valence electrons. The van der Waals surface area contributed by atoms with Gasteiger partial charge in [-0.2, -0.15) is 0 Å². The predicted molar refractivity (Wildman–Crippen MR) is 104 cm³/mol. The first-order chi connectivity index (χ1) is 12.2. The summed E-state index contributed by atoms with van der Waals surface area (Å²) in [6, 6.07) is 0. The van der Waals surface area contributed by atoms with Crippen LogP contribution < -0.4 is 0 Å². The van der Waals surface area contributed by atoms with E-state index in [4.69, 9.17) is 14.2 Å². The maximum Gasteiger partial charge on any atom is 0.305 e. The Kier molecular flexibility index (Phi) is 19.2. The molecule has 25 heavy (non-hydrogen) atoms. The molecule has 0 radical (unpaired) electrons. The van der Waals surface area contributed by atoms with Crippen molar-refractivity contribution in [2.24, 2.45) is 0 Å². The number of carbonyl (C=O) groups excluding carboxylic acids is 1. The van der Waals surface area contributed by atoms with Crippen LogP contribution in [-0.4, -0.2) is 39.5 Å². The van der Waals surface area contributed by atoms with Crippen LogP contribution in [0.2, 0.25) is 0 Å². The van der Waals surface area contributed by atoms with Gasteiger partial charge >= 0.3 is 5.97 Å². The monoisotopic (exact) mass is 358 g/mol. The van der Waals surface area contributed by atoms with E-state index in [2.05, 4.69) is 6.92 Å². The van der Waals surface area contributed by atoms with Crippen LogP contribution >= 0.6 is 0 Å². The molecular weight excluding hydrogens is 316 g/mol. The van der Waals surface area contributed by atoms with Gasteiger partial charge in [-0.1, -0.05) is 84.0 Å². The number of carbonyl (C=O) groups is 1. The Morgan fingerprint density at radius 2 is 1.20 bits per heavy atom. The van der Waals surface area contributed by atoms with Crippen molar-refractivity contribution < 1.29 is 19.0 Å². The second kappa shape index (κ2) is 19.7. The van der Waals surface area contributed by atoms with Gasteiger partial charge in [0.1, 0.15) is 12.7 Å². The minimum atomic E-state index is -0.166. The number of methoxy groups -OCH3 is 2. The van der Waals surface area contributed by atoms with Crippen LogP contribution in [0.1, 0.15) is 96.8 Å². The lowest BCUT2D eigenvalue weighted by Crippen LogP contribution is -2.25. The zero-order valence-corrected chi connectivity index (χ0v) is 17.0. The SMILES string of the molecule is CCCCCCCCCCCCCCCC(=O)OCC(COC)OC. The van der Waals surface area contributed by atoms with E-state index < -0.39 is 0 Å². The molecule has 0 saturated carbocycles. The summed E-state index contributed by atoms with van der Waals surface area (Å²) in [7, 11) is 3.21. The highest BCUT2D eigenvalue weighted by molar-refractivity contribution is 5.69. The molecule has 4 heteroatoms. The molecule has 0 aliphatic heterocycles. The third kappa shape index (κ3) is 18.0. The third-order valence-electron chi connectivity index (χ3n) is 4.60. The van der Waals surface area contributed by atoms with E-state index in [-0.39, 0.29) is 18.7 Å². The molecule has 0 aromatic heterocycles. The van der Waals surface area contributed by atoms with Gasteiger partial charge in [-0.25, -0.2) is 0 Å². The Morgan fingerprint density at radius 3 is 1.64 bits per heavy atom. The smallest absolute Gasteiger partial charge is 0.305 e. The number of hydrogen-bond acceptors (Lipinski definition) is 4. The number of esters is 1. The fourth-order valence-electron chi connectivity index (χ4n) is 2.92. The van der Waals surface area contributed by atoms with Gasteiger partial charge < -0.3 is 14.2 Å². The van der Waals surface area contributed by atoms with Gasteiger partial charge in [-0.05, 0) is 6.42 Å². The van der Waals surface area contributed by atoms with Gasteiger partial charge in [0.15, 0.2) is 0 Å². The standard InChI is InChI=1S/C21H42O4/c1-4-5-6-7-8-9-10-11-12-13-14-15-16-17-21(22)25-19-20(24-3)18-23-2/h20H,4-19H2,1-3H3. The summed E-state index contributed by atoms with van der Waals surface area (Å²) < 4.78 is 15.4. The molecule has 0 aliphatic carbocycles. The van der Waals surface area contributed by atoms with Crippen LogP contribution in [0.15, 0.2) is 0 Å². The molecule has 0 saturated heterocycles. The van der Waals surface area contributed by atoms with Gasteiger partial charge in [0.25, 0.3) is 0 Å². The van der Waals surface area contributed by atoms with Crippen LogP contribution in [0.25, 0.3) is 0 Å². The first-order valence-corrected chi connectivity index (χ1v) is 10.4. The van der Waals surface area contributed by atoms with E-state index in [1.54, 1.807) is 14.2 Å². The molecule has 0 amide bonds. The second-order valence-electron chi connectivity index (χ2n) is 6.99. The van der Waals surface area contributed by atoms with E-state index in [1.165, 1.54) is 70.6 Å². The zero-order valence-electron chi connectivity index (χ0n) is 17.0. The number of unbranched alkanes of at least 4 members (excludes halogenated alkanes) is 12. The first-order valence-electron chi connectivity index (χ1n) is 10.4. The summed E-state index contributed by atoms with van der Waals surface area (Å²) in [5, 5.41) is 0. The molecule has 0 aromatic rings. The molecule has 1 unspecified atom stereocenters. The topological polar surface area (TPSA) is 44.8 Å². The molecule has 0 bridgehead atoms. The summed E-state index contributed by atoms with van der Waals surface area (Å²) in [4.78, 5) is 11.7. The first kappa shape index (κ1) is 24.4. The van der Waals surface area contributed by atoms with Crippen molar-refractivity contribution in [1.29, 1.82) is 0 Å². The van der Waals surface area contributed by atoms with Gasteiger partial charge in [-0.3, -0.25) is 4.79 Å². The van der Waals surface area contributed by atoms with Crippen molar-refractivity contribution in [1.82, 2.24) is 0 Å². The van der Waals surface area contributed by atoms with E-state index in [9.17, 15) is 4.79 Å². The number of hydrogen-bond donors (Lipinski definition) is 0. The molecule has 1 atom stereocenters. The number of ether oxygens (including phenoxy) is 3. The summed E-state index contributed by atoms with van der Waals surface area (Å²) in [5.41, 5.74) is 0. The predicted octanol–water partition coefficient (Wildman–Crippen LogP) is 5.67. The molecule has 0 fully saturated rings. The summed E-state index contributed by atoms with van der Waals surface area (Å²) in [5.74, 6) is -0.124. The van der Waals surface area contributed by atoms with Crippen LogP contribution in [0.3, 0.4) is 0 Å². The average molecular weight is 359 g/mol. The number of rotatable bonds is 19. The quantitative estimate of drug-likeness (QED) is 0.220. The summed E-state index contributed by atoms with van der Waals surface area (Å²) >= 11 is 0. The highest BCUT2D eigenvalue weighted by Gasteiger charge is 2.10. The van der Waals surface area contributed by atoms with Crippen molar-refractivity contribution in [3.63, 3.8) is 0 Å². The second-order valence-corrected chi connectivity index (χ2v) is 6.99. The van der Waals surface area contributed by atoms with E-state index in [0.717, 1.165) is 12.8 Å². The Balaban J connectivity index is 3.25. The Labute approximate surface area is 156 Å². The van der Waals surface area contributed by atoms with E-state index in [0.29, 0.717) is 13.0 Å². The van der Waals surface area contributed by atoms with Crippen LogP contribution in [0, 0.1) is 0 Å². The zero-order chi connectivity index (χ0) is 18.6. The highest BCUT2D eigenvalue weighted by atomic mass is 16.6. The summed E-state index contributed by atoms with van der Waals surface area (Å²) in [6.45, 7) is 2.99. The van der Waals surface area contributed by atoms with E-state index >= 15 is 0 Å². The Hall–Kier alpha value is -0.610. The van der Waals surface area contributed by atoms with Crippen molar-refractivity contribution >= 4 is 5.97 Å². The average Bonchev–Trinajstić information content (AvgIpc) is 2.62. The largest absolute Gasteiger partial charge is 0.463 e. The molecule has 0 N–H and O–H groups in total. The molecule has 0 aromatic carbocycles. The van der Waals surface area contributed by atoms with Gasteiger partial charge in [0.2, 0.25) is 0 Å². The van der Waals surface area contributed by atoms with Crippen LogP contribution in [0.4, 0.5) is 0 Å². The third-order valence-corrected chi connectivity index (χ3v) is 4.60. The minimum absolute atomic E-state index is 0.124. The minimum Gasteiger partial charge on any atom is -0.463 e. The van der Waals surface area contributed by atoms with Crippen LogP contribution in [-0.2, 0) is 19.0 Å². The lowest BCUT2D eigenvalue weighted by molar-refractivity contribution is -0.148. The van der Waals surface area contributed by atoms with Crippen molar-refractivity contribution in [2.75, 3.05) is 27.4 Å². The maximum absolute atomic E-state index is 11.7. The van der Waals surface area contributed by atoms with Crippen molar-refractivity contribution in [2.45, 2.75) is 103 Å². The fraction of sp³-hybridized carbons (Fsp3) is 0.952. The fourth-order valence-corrected chi connectivity index (χ4v) is 2.92. The Bertz CT molecular complexity index is 281. The lowest BCUT2D eigenvalue weighted by atomic mass is 10.0. The normalized spacial score (nSPS) is 12.3. The van der Waals surface area contributed by atoms with Gasteiger partial charge in [0, 0.05) is 20.6 Å². The molecule has 4 nitrogen and oxygen atoms in total. The van der Waals surface area contributed by atoms with Crippen molar-refractivity contribution in [3.05, 3.63) is 0 Å². The Morgan fingerprint density at radius 1 is 0.720 bits per heavy atom. The molecule has 0 aliphatic rings. The van der Waals surface area contributed by atoms with Gasteiger partial charge in [0.05, 0.1) is 6.61 Å². The molecule has 0 rings (SSSR count). The highest BCUT2D eigenvalue weighted by Crippen LogP contribution is 2.13. The van der Waals surface area contributed by atoms with Crippen LogP contribution in [0.5, 0.6) is 0 Å².